The fraction of sp³-hybridized carbons (Fsp3) is 0.692. The molecule has 5 heteroatoms. The smallest absolute Gasteiger partial charge is 0.144 e. The Morgan fingerprint density at radius 2 is 2.28 bits per heavy atom. The molecule has 2 rings (SSSR count). The molecule has 2 atom stereocenters. The Morgan fingerprint density at radius 3 is 2.94 bits per heavy atom. The molecular formula is C13H21ClN4. The molecule has 2 unspecified atom stereocenters. The highest BCUT2D eigenvalue weighted by molar-refractivity contribution is 6.29. The monoisotopic (exact) mass is 268 g/mol. The van der Waals surface area contributed by atoms with Gasteiger partial charge >= 0.3 is 0 Å². The summed E-state index contributed by atoms with van der Waals surface area (Å²) in [6.45, 7) is 5.83. The van der Waals surface area contributed by atoms with Crippen molar-refractivity contribution in [2.75, 3.05) is 6.54 Å². The van der Waals surface area contributed by atoms with E-state index in [1.54, 1.807) is 6.07 Å². The van der Waals surface area contributed by atoms with E-state index in [-0.39, 0.29) is 6.04 Å². The molecule has 4 nitrogen and oxygen atoms in total. The molecule has 2 heterocycles. The number of piperidine rings is 1. The van der Waals surface area contributed by atoms with Gasteiger partial charge in [0.25, 0.3) is 0 Å². The van der Waals surface area contributed by atoms with E-state index in [0.29, 0.717) is 11.2 Å². The minimum atomic E-state index is 0.186. The van der Waals surface area contributed by atoms with Gasteiger partial charge in [0.15, 0.2) is 0 Å². The zero-order chi connectivity index (χ0) is 13.1. The molecule has 1 saturated heterocycles. The lowest BCUT2D eigenvalue weighted by Gasteiger charge is -2.37. The van der Waals surface area contributed by atoms with Crippen LogP contribution in [0, 0.1) is 6.92 Å². The van der Waals surface area contributed by atoms with Crippen LogP contribution in [0.4, 0.5) is 0 Å². The summed E-state index contributed by atoms with van der Waals surface area (Å²) in [7, 11) is 0. The van der Waals surface area contributed by atoms with Gasteiger partial charge in [0, 0.05) is 17.8 Å². The van der Waals surface area contributed by atoms with Gasteiger partial charge in [-0.2, -0.15) is 0 Å². The lowest BCUT2D eigenvalue weighted by molar-refractivity contribution is 0.120. The third-order valence-corrected chi connectivity index (χ3v) is 3.68. The Balaban J connectivity index is 2.10. The van der Waals surface area contributed by atoms with E-state index < -0.39 is 0 Å². The van der Waals surface area contributed by atoms with Gasteiger partial charge in [-0.3, -0.25) is 4.90 Å². The normalized spacial score (nSPS) is 23.0. The van der Waals surface area contributed by atoms with Crippen molar-refractivity contribution in [2.24, 2.45) is 5.73 Å². The molecule has 0 saturated carbocycles. The van der Waals surface area contributed by atoms with Crippen molar-refractivity contribution in [1.82, 2.24) is 14.9 Å². The van der Waals surface area contributed by atoms with Crippen LogP contribution in [0.5, 0.6) is 0 Å². The zero-order valence-corrected chi connectivity index (χ0v) is 11.8. The quantitative estimate of drug-likeness (QED) is 0.854. The Bertz CT molecular complexity index is 388. The number of hydrogen-bond donors (Lipinski definition) is 1. The average molecular weight is 269 g/mol. The number of aromatic nitrogens is 2. The second-order valence-electron chi connectivity index (χ2n) is 5.14. The van der Waals surface area contributed by atoms with Gasteiger partial charge in [-0.1, -0.05) is 18.0 Å². The Morgan fingerprint density at radius 1 is 1.50 bits per heavy atom. The van der Waals surface area contributed by atoms with Gasteiger partial charge in [-0.25, -0.2) is 9.97 Å². The highest BCUT2D eigenvalue weighted by Crippen LogP contribution is 2.21. The second kappa shape index (κ2) is 5.95. The molecule has 0 amide bonds. The maximum absolute atomic E-state index is 6.06. The van der Waals surface area contributed by atoms with Gasteiger partial charge < -0.3 is 5.73 Å². The lowest BCUT2D eigenvalue weighted by Crippen LogP contribution is -2.48. The molecule has 1 aromatic heterocycles. The fourth-order valence-electron chi connectivity index (χ4n) is 2.65. The van der Waals surface area contributed by atoms with Crippen molar-refractivity contribution >= 4 is 11.6 Å². The van der Waals surface area contributed by atoms with E-state index in [9.17, 15) is 0 Å². The predicted octanol–water partition coefficient (Wildman–Crippen LogP) is 2.14. The summed E-state index contributed by atoms with van der Waals surface area (Å²) >= 11 is 5.97. The van der Waals surface area contributed by atoms with E-state index in [4.69, 9.17) is 17.3 Å². The summed E-state index contributed by atoms with van der Waals surface area (Å²) in [6.07, 6.45) is 3.65. The minimum Gasteiger partial charge on any atom is -0.327 e. The van der Waals surface area contributed by atoms with Gasteiger partial charge in [-0.05, 0) is 39.3 Å². The molecule has 0 spiro atoms. The number of likely N-dealkylation sites (tertiary alicyclic amines) is 1. The number of nitrogens with zero attached hydrogens (tertiary/aromatic N) is 3. The average Bonchev–Trinajstić information content (AvgIpc) is 2.27. The Hall–Kier alpha value is -0.710. The molecule has 0 aromatic carbocycles. The van der Waals surface area contributed by atoms with E-state index in [2.05, 4.69) is 21.8 Å². The highest BCUT2D eigenvalue weighted by Gasteiger charge is 2.26. The molecule has 18 heavy (non-hydrogen) atoms. The van der Waals surface area contributed by atoms with E-state index in [0.717, 1.165) is 31.0 Å². The Kier molecular flexibility index (Phi) is 4.54. The van der Waals surface area contributed by atoms with Crippen LogP contribution >= 0.6 is 11.6 Å². The lowest BCUT2D eigenvalue weighted by atomic mass is 9.97. The molecule has 1 aromatic rings. The maximum atomic E-state index is 6.06. The first-order valence-corrected chi connectivity index (χ1v) is 6.94. The van der Waals surface area contributed by atoms with E-state index in [1.807, 2.05) is 6.92 Å². The fourth-order valence-corrected chi connectivity index (χ4v) is 2.91. The molecular weight excluding hydrogens is 248 g/mol. The minimum absolute atomic E-state index is 0.186. The van der Waals surface area contributed by atoms with Gasteiger partial charge in [0.2, 0.25) is 0 Å². The van der Waals surface area contributed by atoms with Gasteiger partial charge in [0.05, 0.1) is 6.54 Å². The van der Waals surface area contributed by atoms with Crippen LogP contribution in [0.25, 0.3) is 0 Å². The first-order chi connectivity index (χ1) is 8.56. The summed E-state index contributed by atoms with van der Waals surface area (Å²) in [5.41, 5.74) is 6.98. The van der Waals surface area contributed by atoms with Crippen LogP contribution in [0.1, 0.15) is 37.7 Å². The molecule has 0 radical (unpaired) electrons. The van der Waals surface area contributed by atoms with Crippen LogP contribution in [0.15, 0.2) is 6.07 Å². The van der Waals surface area contributed by atoms with Crippen molar-refractivity contribution < 1.29 is 0 Å². The number of aryl methyl sites for hydroxylation is 1. The molecule has 1 aliphatic heterocycles. The first kappa shape index (κ1) is 13.7. The standard InChI is InChI=1S/C13H21ClN4/c1-9-7-12(14)17-13(16-9)8-18-6-4-3-5-11(18)10(2)15/h7,10-11H,3-6,8,15H2,1-2H3. The first-order valence-electron chi connectivity index (χ1n) is 6.56. The molecule has 0 aliphatic carbocycles. The molecule has 2 N–H and O–H groups in total. The van der Waals surface area contributed by atoms with E-state index >= 15 is 0 Å². The zero-order valence-electron chi connectivity index (χ0n) is 11.1. The summed E-state index contributed by atoms with van der Waals surface area (Å²) < 4.78 is 0. The summed E-state index contributed by atoms with van der Waals surface area (Å²) in [5.74, 6) is 0.799. The predicted molar refractivity (Wildman–Crippen MR) is 73.5 cm³/mol. The largest absolute Gasteiger partial charge is 0.327 e. The van der Waals surface area contributed by atoms with Crippen molar-refractivity contribution in [2.45, 2.75) is 51.7 Å². The number of nitrogens with two attached hydrogens (primary N) is 1. The van der Waals surface area contributed by atoms with Crippen LogP contribution in [0.2, 0.25) is 5.15 Å². The van der Waals surface area contributed by atoms with Crippen LogP contribution in [-0.2, 0) is 6.54 Å². The molecule has 100 valence electrons. The van der Waals surface area contributed by atoms with Crippen molar-refractivity contribution in [3.8, 4) is 0 Å². The number of hydrogen-bond acceptors (Lipinski definition) is 4. The van der Waals surface area contributed by atoms with Crippen molar-refractivity contribution in [3.05, 3.63) is 22.7 Å². The number of rotatable bonds is 3. The highest BCUT2D eigenvalue weighted by atomic mass is 35.5. The summed E-state index contributed by atoms with van der Waals surface area (Å²) in [4.78, 5) is 11.1. The van der Waals surface area contributed by atoms with Crippen LogP contribution in [-0.4, -0.2) is 33.5 Å². The van der Waals surface area contributed by atoms with Gasteiger partial charge in [-0.15, -0.1) is 0 Å². The van der Waals surface area contributed by atoms with Crippen LogP contribution in [0.3, 0.4) is 0 Å². The van der Waals surface area contributed by atoms with Crippen LogP contribution < -0.4 is 5.73 Å². The van der Waals surface area contributed by atoms with E-state index in [1.165, 1.54) is 12.8 Å². The summed E-state index contributed by atoms with van der Waals surface area (Å²) in [5, 5.41) is 0.520. The summed E-state index contributed by atoms with van der Waals surface area (Å²) in [6, 6.07) is 2.40. The molecule has 0 bridgehead atoms. The van der Waals surface area contributed by atoms with Crippen molar-refractivity contribution in [3.63, 3.8) is 0 Å². The molecule has 1 aliphatic rings. The third kappa shape index (κ3) is 3.40. The van der Waals surface area contributed by atoms with Gasteiger partial charge in [0.1, 0.15) is 11.0 Å². The third-order valence-electron chi connectivity index (χ3n) is 3.48. The van der Waals surface area contributed by atoms with Crippen molar-refractivity contribution in [1.29, 1.82) is 0 Å². The SMILES string of the molecule is Cc1cc(Cl)nc(CN2CCCCC2C(C)N)n1. The second-order valence-corrected chi connectivity index (χ2v) is 5.53. The Labute approximate surface area is 114 Å². The maximum Gasteiger partial charge on any atom is 0.144 e. The molecule has 1 fully saturated rings. The topological polar surface area (TPSA) is 55.0 Å². The number of halogens is 1.